The molecule has 8 heteroatoms. The van der Waals surface area contributed by atoms with Crippen molar-refractivity contribution in [2.24, 2.45) is 11.8 Å². The zero-order valence-corrected chi connectivity index (χ0v) is 22.3. The molecular weight excluding hydrogens is 462 g/mol. The van der Waals surface area contributed by atoms with Crippen LogP contribution in [0.5, 0.6) is 0 Å². The van der Waals surface area contributed by atoms with Gasteiger partial charge in [0, 0.05) is 30.9 Å². The molecule has 1 N–H and O–H groups in total. The number of carbonyl (C=O) groups is 3. The number of rotatable bonds is 9. The van der Waals surface area contributed by atoms with E-state index >= 15 is 0 Å². The molecule has 35 heavy (non-hydrogen) atoms. The molecule has 2 unspecified atom stereocenters. The fourth-order valence-corrected chi connectivity index (χ4v) is 9.54. The van der Waals surface area contributed by atoms with Gasteiger partial charge in [0.25, 0.3) is 0 Å². The largest absolute Gasteiger partial charge is 0.394 e. The van der Waals surface area contributed by atoms with Crippen LogP contribution >= 0.6 is 11.8 Å². The normalized spacial score (nSPS) is 35.0. The maximum absolute atomic E-state index is 14.4. The maximum Gasteiger partial charge on any atom is 0.247 e. The van der Waals surface area contributed by atoms with E-state index in [0.29, 0.717) is 13.1 Å². The molecule has 4 aliphatic rings. The highest BCUT2D eigenvalue weighted by molar-refractivity contribution is 8.02. The predicted octanol–water partition coefficient (Wildman–Crippen LogP) is 2.84. The molecule has 1 saturated carbocycles. The van der Waals surface area contributed by atoms with Gasteiger partial charge < -0.3 is 19.8 Å². The second-order valence-corrected chi connectivity index (χ2v) is 13.0. The number of aliphatic hydroxyl groups is 1. The number of thioether (sulfide) groups is 1. The molecule has 1 aliphatic carbocycles. The van der Waals surface area contributed by atoms with Gasteiger partial charge >= 0.3 is 0 Å². The topological polar surface area (TPSA) is 81.2 Å². The second-order valence-electron chi connectivity index (χ2n) is 11.1. The molecule has 0 radical (unpaired) electrons. The van der Waals surface area contributed by atoms with Crippen molar-refractivity contribution in [1.82, 2.24) is 14.7 Å². The smallest absolute Gasteiger partial charge is 0.247 e. The van der Waals surface area contributed by atoms with Crippen LogP contribution in [0.4, 0.5) is 0 Å². The Kier molecular flexibility index (Phi) is 7.45. The third kappa shape index (κ3) is 4.05. The molecule has 2 bridgehead atoms. The highest BCUT2D eigenvalue weighted by atomic mass is 32.2. The third-order valence-electron chi connectivity index (χ3n) is 8.86. The van der Waals surface area contributed by atoms with Crippen LogP contribution in [0.2, 0.25) is 0 Å². The van der Waals surface area contributed by atoms with E-state index in [1.54, 1.807) is 47.7 Å². The van der Waals surface area contributed by atoms with Gasteiger partial charge in [0.1, 0.15) is 6.04 Å². The minimum absolute atomic E-state index is 0.0442. The van der Waals surface area contributed by atoms with E-state index in [1.807, 2.05) is 4.90 Å². The summed E-state index contributed by atoms with van der Waals surface area (Å²) in [5.74, 6) is -1.32. The number of hydrogen-bond acceptors (Lipinski definition) is 5. The fourth-order valence-electron chi connectivity index (χ4n) is 7.21. The lowest BCUT2D eigenvalue weighted by Gasteiger charge is -2.42. The van der Waals surface area contributed by atoms with Crippen molar-refractivity contribution in [2.75, 3.05) is 26.7 Å². The number of nitrogens with zero attached hydrogens (tertiary/aromatic N) is 3. The summed E-state index contributed by atoms with van der Waals surface area (Å²) in [7, 11) is 1.75. The molecule has 7 nitrogen and oxygen atoms in total. The Labute approximate surface area is 214 Å². The van der Waals surface area contributed by atoms with Gasteiger partial charge in [0.05, 0.1) is 29.2 Å². The van der Waals surface area contributed by atoms with Gasteiger partial charge in [-0.25, -0.2) is 0 Å². The van der Waals surface area contributed by atoms with Crippen LogP contribution in [0, 0.1) is 11.8 Å². The van der Waals surface area contributed by atoms with Crippen LogP contribution in [0.1, 0.15) is 58.8 Å². The first kappa shape index (κ1) is 26.3. The summed E-state index contributed by atoms with van der Waals surface area (Å²) in [6.07, 6.45) is 10.3. The monoisotopic (exact) mass is 503 g/mol. The molecule has 3 saturated heterocycles. The van der Waals surface area contributed by atoms with Crippen molar-refractivity contribution in [3.05, 3.63) is 25.3 Å². The zero-order valence-electron chi connectivity index (χ0n) is 21.4. The Morgan fingerprint density at radius 2 is 1.83 bits per heavy atom. The molecule has 3 heterocycles. The minimum Gasteiger partial charge on any atom is -0.394 e. The number of amides is 3. The SMILES string of the molecule is C=CCN(C)C(=O)[C@H]1[C@H]2C(=O)N([C@H](C)CO)C(C(=O)N(CC=C)C3CCCCC3)C23CC[C@]1(C)S3. The van der Waals surface area contributed by atoms with Gasteiger partial charge in [-0.05, 0) is 39.5 Å². The predicted molar refractivity (Wildman–Crippen MR) is 139 cm³/mol. The van der Waals surface area contributed by atoms with Gasteiger partial charge in [-0.3, -0.25) is 14.4 Å². The molecule has 6 atom stereocenters. The van der Waals surface area contributed by atoms with Gasteiger partial charge in [-0.2, -0.15) is 0 Å². The summed E-state index contributed by atoms with van der Waals surface area (Å²) in [6, 6.07) is -1.04. The highest BCUT2D eigenvalue weighted by Gasteiger charge is 2.77. The highest BCUT2D eigenvalue weighted by Crippen LogP contribution is 2.71. The summed E-state index contributed by atoms with van der Waals surface area (Å²) in [5, 5.41) is 10.1. The first-order chi connectivity index (χ1) is 16.7. The Hall–Kier alpha value is -1.80. The fraction of sp³-hybridized carbons (Fsp3) is 0.741. The van der Waals surface area contributed by atoms with Crippen molar-refractivity contribution in [3.63, 3.8) is 0 Å². The summed E-state index contributed by atoms with van der Waals surface area (Å²) in [4.78, 5) is 47.4. The Morgan fingerprint density at radius 3 is 2.43 bits per heavy atom. The summed E-state index contributed by atoms with van der Waals surface area (Å²) in [5.41, 5.74) is 0. The van der Waals surface area contributed by atoms with E-state index in [1.165, 1.54) is 6.42 Å². The lowest BCUT2D eigenvalue weighted by Crippen LogP contribution is -2.59. The number of likely N-dealkylation sites (N-methyl/N-ethyl adjacent to an activating group) is 1. The molecule has 3 amide bonds. The van der Waals surface area contributed by atoms with Crippen LogP contribution in [0.3, 0.4) is 0 Å². The van der Waals surface area contributed by atoms with Gasteiger partial charge in [0.2, 0.25) is 17.7 Å². The lowest BCUT2D eigenvalue weighted by molar-refractivity contribution is -0.147. The van der Waals surface area contributed by atoms with Gasteiger partial charge in [-0.15, -0.1) is 24.9 Å². The molecule has 194 valence electrons. The summed E-state index contributed by atoms with van der Waals surface area (Å²) in [6.45, 7) is 12.2. The molecule has 0 aromatic heterocycles. The van der Waals surface area contributed by atoms with Crippen LogP contribution in [0.25, 0.3) is 0 Å². The quantitative estimate of drug-likeness (QED) is 0.490. The average Bonchev–Trinajstić information content (AvgIpc) is 3.42. The number of carbonyl (C=O) groups excluding carboxylic acids is 3. The van der Waals surface area contributed by atoms with E-state index in [2.05, 4.69) is 20.1 Å². The van der Waals surface area contributed by atoms with Crippen LogP contribution in [-0.4, -0.2) is 91.9 Å². The van der Waals surface area contributed by atoms with Crippen molar-refractivity contribution in [2.45, 2.75) is 86.4 Å². The first-order valence-corrected chi connectivity index (χ1v) is 13.9. The maximum atomic E-state index is 14.4. The number of likely N-dealkylation sites (tertiary alicyclic amines) is 1. The van der Waals surface area contributed by atoms with E-state index in [0.717, 1.165) is 38.5 Å². The van der Waals surface area contributed by atoms with Gasteiger partial charge in [-0.1, -0.05) is 31.4 Å². The number of hydrogen-bond donors (Lipinski definition) is 1. The molecule has 4 rings (SSSR count). The lowest BCUT2D eigenvalue weighted by atomic mass is 9.66. The van der Waals surface area contributed by atoms with E-state index < -0.39 is 33.4 Å². The van der Waals surface area contributed by atoms with E-state index in [9.17, 15) is 19.5 Å². The molecule has 0 aromatic carbocycles. The molecule has 1 spiro atoms. The van der Waals surface area contributed by atoms with Crippen molar-refractivity contribution in [3.8, 4) is 0 Å². The zero-order chi connectivity index (χ0) is 25.5. The van der Waals surface area contributed by atoms with Crippen molar-refractivity contribution < 1.29 is 19.5 Å². The van der Waals surface area contributed by atoms with Crippen molar-refractivity contribution in [1.29, 1.82) is 0 Å². The van der Waals surface area contributed by atoms with Gasteiger partial charge in [0.15, 0.2) is 0 Å². The van der Waals surface area contributed by atoms with Crippen LogP contribution < -0.4 is 0 Å². The average molecular weight is 504 g/mol. The third-order valence-corrected chi connectivity index (χ3v) is 10.8. The molecule has 0 aromatic rings. The summed E-state index contributed by atoms with van der Waals surface area (Å²) < 4.78 is -1.05. The Morgan fingerprint density at radius 1 is 1.17 bits per heavy atom. The van der Waals surface area contributed by atoms with E-state index in [-0.39, 0.29) is 30.4 Å². The summed E-state index contributed by atoms with van der Waals surface area (Å²) >= 11 is 1.69. The molecule has 3 aliphatic heterocycles. The van der Waals surface area contributed by atoms with Crippen molar-refractivity contribution >= 4 is 29.5 Å². The molecular formula is C27H41N3O4S. The second kappa shape index (κ2) is 9.92. The standard InChI is InChI=1S/C27H41N3O4S/c1-6-15-28(5)23(32)20-21-24(33)30(18(3)17-31)22(27(21)14-13-26(20,4)35-27)25(34)29(16-7-2)19-11-9-8-10-12-19/h6-7,18-22,31H,1-2,8-17H2,3-5H3/t18-,20-,21+,22?,26+,27?/m1/s1. The van der Waals surface area contributed by atoms with Crippen LogP contribution in [0.15, 0.2) is 25.3 Å². The molecule has 4 fully saturated rings. The minimum atomic E-state index is -0.682. The van der Waals surface area contributed by atoms with E-state index in [4.69, 9.17) is 0 Å². The number of fused-ring (bicyclic) bond motifs is 1. The Bertz CT molecular complexity index is 890. The number of aliphatic hydroxyl groups excluding tert-OH is 1. The Balaban J connectivity index is 1.77. The first-order valence-electron chi connectivity index (χ1n) is 13.1. The van der Waals surface area contributed by atoms with Crippen LogP contribution in [-0.2, 0) is 14.4 Å².